The van der Waals surface area contributed by atoms with Crippen molar-refractivity contribution in [2.45, 2.75) is 75.0 Å². The Kier molecular flexibility index (Phi) is 4.33. The van der Waals surface area contributed by atoms with E-state index in [1.807, 2.05) is 13.0 Å². The number of pyridine rings is 1. The molecule has 2 aliphatic heterocycles. The Bertz CT molecular complexity index is 1190. The highest BCUT2D eigenvalue weighted by atomic mass is 16.5. The Labute approximate surface area is 200 Å². The van der Waals surface area contributed by atoms with Crippen LogP contribution >= 0.6 is 0 Å². The summed E-state index contributed by atoms with van der Waals surface area (Å²) in [6, 6.07) is 5.64. The van der Waals surface area contributed by atoms with Gasteiger partial charge in [0.25, 0.3) is 0 Å². The lowest BCUT2D eigenvalue weighted by Crippen LogP contribution is -2.76. The maximum atomic E-state index is 13.4. The molecule has 6 heteroatoms. The van der Waals surface area contributed by atoms with Crippen molar-refractivity contribution in [2.75, 3.05) is 13.1 Å². The van der Waals surface area contributed by atoms with Crippen LogP contribution in [0.15, 0.2) is 30.6 Å². The molecule has 2 saturated carbocycles. The average Bonchev–Trinajstić information content (AvgIpc) is 3.56. The van der Waals surface area contributed by atoms with Crippen LogP contribution in [0.25, 0.3) is 0 Å². The largest absolute Gasteiger partial charge is 0.504 e. The number of aliphatic hydroxyl groups is 1. The van der Waals surface area contributed by atoms with E-state index in [9.17, 15) is 15.0 Å². The first kappa shape index (κ1) is 20.9. The number of aromatic hydroxyl groups is 1. The van der Waals surface area contributed by atoms with Gasteiger partial charge < -0.3 is 14.9 Å². The lowest BCUT2D eigenvalue weighted by Gasteiger charge is -2.64. The molecule has 6 nitrogen and oxygen atoms in total. The maximum absolute atomic E-state index is 13.4. The third-order valence-corrected chi connectivity index (χ3v) is 9.65. The number of phenolic OH excluding ortho intramolecular Hbond substituents is 1. The van der Waals surface area contributed by atoms with Gasteiger partial charge in [-0.1, -0.05) is 6.07 Å². The Hall–Kier alpha value is -2.44. The minimum atomic E-state index is -0.900. The predicted octanol–water partition coefficient (Wildman–Crippen LogP) is 3.55. The molecule has 0 radical (unpaired) electrons. The van der Waals surface area contributed by atoms with Gasteiger partial charge >= 0.3 is 0 Å². The van der Waals surface area contributed by atoms with Crippen LogP contribution in [-0.4, -0.2) is 56.7 Å². The van der Waals surface area contributed by atoms with Gasteiger partial charge in [0.15, 0.2) is 17.3 Å². The number of hydrogen-bond donors (Lipinski definition) is 2. The number of Topliss-reactive ketones (excluding diaryl/α,β-unsaturated/α-hetero) is 1. The number of piperidine rings is 1. The van der Waals surface area contributed by atoms with Crippen molar-refractivity contribution in [3.05, 3.63) is 52.8 Å². The van der Waals surface area contributed by atoms with E-state index in [0.29, 0.717) is 24.2 Å². The summed E-state index contributed by atoms with van der Waals surface area (Å²) in [6.07, 6.45) is 9.10. The van der Waals surface area contributed by atoms with E-state index in [-0.39, 0.29) is 29.6 Å². The summed E-state index contributed by atoms with van der Waals surface area (Å²) >= 11 is 0. The summed E-state index contributed by atoms with van der Waals surface area (Å²) in [6.45, 7) is 3.92. The minimum Gasteiger partial charge on any atom is -0.504 e. The third kappa shape index (κ3) is 2.64. The standard InChI is InChI=1S/C28H32N2O4/c1-16-14-29-10-7-20(16)22(32)12-19-6-8-28(33)23-13-18-4-5-21(31)25-24(18)27(28,26(19)34-25)9-11-30(23)15-17-2-3-17/h4-5,7,10,14,17,19,23,26,31,33H,2-3,6,8-9,11-13,15H2,1H3/t19-,23+,26-,27-,28+/m0/s1. The first-order chi connectivity index (χ1) is 16.4. The van der Waals surface area contributed by atoms with E-state index in [0.717, 1.165) is 49.4 Å². The molecule has 1 spiro atoms. The van der Waals surface area contributed by atoms with Crippen LogP contribution < -0.4 is 4.74 Å². The number of phenols is 1. The van der Waals surface area contributed by atoms with Crippen molar-refractivity contribution in [3.63, 3.8) is 0 Å². The quantitative estimate of drug-likeness (QED) is 0.664. The van der Waals surface area contributed by atoms with E-state index in [1.54, 1.807) is 24.5 Å². The smallest absolute Gasteiger partial charge is 0.165 e. The fourth-order valence-electron chi connectivity index (χ4n) is 7.93. The number of aromatic nitrogens is 1. The van der Waals surface area contributed by atoms with Gasteiger partial charge in [-0.15, -0.1) is 0 Å². The topological polar surface area (TPSA) is 82.9 Å². The summed E-state index contributed by atoms with van der Waals surface area (Å²) < 4.78 is 6.59. The van der Waals surface area contributed by atoms with E-state index in [4.69, 9.17) is 4.74 Å². The van der Waals surface area contributed by atoms with Gasteiger partial charge in [0.1, 0.15) is 6.10 Å². The zero-order valence-corrected chi connectivity index (χ0v) is 19.7. The Morgan fingerprint density at radius 3 is 2.88 bits per heavy atom. The van der Waals surface area contributed by atoms with E-state index in [2.05, 4.69) is 9.88 Å². The van der Waals surface area contributed by atoms with Crippen LogP contribution in [0.1, 0.15) is 65.6 Å². The first-order valence-corrected chi connectivity index (χ1v) is 12.8. The molecule has 1 saturated heterocycles. The molecule has 178 valence electrons. The number of carbonyl (C=O) groups excluding carboxylic acids is 1. The van der Waals surface area contributed by atoms with Crippen LogP contribution in [0.3, 0.4) is 0 Å². The molecule has 1 aromatic heterocycles. The maximum Gasteiger partial charge on any atom is 0.165 e. The van der Waals surface area contributed by atoms with Crippen molar-refractivity contribution < 1.29 is 19.7 Å². The fourth-order valence-corrected chi connectivity index (χ4v) is 7.93. The van der Waals surface area contributed by atoms with E-state index < -0.39 is 11.0 Å². The van der Waals surface area contributed by atoms with Crippen molar-refractivity contribution in [1.82, 2.24) is 9.88 Å². The predicted molar refractivity (Wildman–Crippen MR) is 126 cm³/mol. The molecule has 7 rings (SSSR count). The number of hydrogen-bond acceptors (Lipinski definition) is 6. The second-order valence-corrected chi connectivity index (χ2v) is 11.4. The number of benzene rings is 1. The van der Waals surface area contributed by atoms with Crippen LogP contribution in [0.4, 0.5) is 0 Å². The molecule has 0 unspecified atom stereocenters. The van der Waals surface area contributed by atoms with Gasteiger partial charge in [0, 0.05) is 48.4 Å². The number of ketones is 1. The summed E-state index contributed by atoms with van der Waals surface area (Å²) in [5.41, 5.74) is 2.37. The molecular weight excluding hydrogens is 428 g/mol. The molecule has 3 fully saturated rings. The van der Waals surface area contributed by atoms with Crippen molar-refractivity contribution in [3.8, 4) is 11.5 Å². The normalized spacial score (nSPS) is 35.5. The third-order valence-electron chi connectivity index (χ3n) is 9.65. The molecule has 2 aromatic rings. The summed E-state index contributed by atoms with van der Waals surface area (Å²) in [4.78, 5) is 20.0. The molecule has 5 aliphatic rings. The highest BCUT2D eigenvalue weighted by Crippen LogP contribution is 2.66. The zero-order valence-electron chi connectivity index (χ0n) is 19.7. The van der Waals surface area contributed by atoms with Crippen molar-refractivity contribution >= 4 is 5.78 Å². The fraction of sp³-hybridized carbons (Fsp3) is 0.571. The summed E-state index contributed by atoms with van der Waals surface area (Å²) in [5.74, 6) is 1.57. The van der Waals surface area contributed by atoms with Gasteiger partial charge in [0.2, 0.25) is 0 Å². The second kappa shape index (κ2) is 7.05. The molecule has 3 heterocycles. The number of rotatable bonds is 5. The van der Waals surface area contributed by atoms with E-state index in [1.165, 1.54) is 18.4 Å². The van der Waals surface area contributed by atoms with Crippen LogP contribution in [0.2, 0.25) is 0 Å². The van der Waals surface area contributed by atoms with Gasteiger partial charge in [0.05, 0.1) is 11.0 Å². The molecule has 2 N–H and O–H groups in total. The summed E-state index contributed by atoms with van der Waals surface area (Å²) in [5, 5.41) is 23.3. The number of nitrogens with zero attached hydrogens (tertiary/aromatic N) is 2. The Balaban J connectivity index is 1.30. The number of likely N-dealkylation sites (tertiary alicyclic amines) is 1. The molecular formula is C28H32N2O4. The monoisotopic (exact) mass is 460 g/mol. The van der Waals surface area contributed by atoms with Crippen molar-refractivity contribution in [1.29, 1.82) is 0 Å². The van der Waals surface area contributed by atoms with Gasteiger partial charge in [-0.25, -0.2) is 0 Å². The molecule has 0 amide bonds. The number of aryl methyl sites for hydroxylation is 1. The van der Waals surface area contributed by atoms with Gasteiger partial charge in [-0.05, 0) is 81.2 Å². The number of ether oxygens (including phenoxy) is 1. The molecule has 1 aromatic carbocycles. The molecule has 34 heavy (non-hydrogen) atoms. The lowest BCUT2D eigenvalue weighted by atomic mass is 9.47. The highest BCUT2D eigenvalue weighted by Gasteiger charge is 2.72. The van der Waals surface area contributed by atoms with Crippen LogP contribution in [-0.2, 0) is 11.8 Å². The second-order valence-electron chi connectivity index (χ2n) is 11.4. The number of carbonyl (C=O) groups is 1. The van der Waals surface area contributed by atoms with Gasteiger partial charge in [-0.3, -0.25) is 14.7 Å². The summed E-state index contributed by atoms with van der Waals surface area (Å²) in [7, 11) is 0. The van der Waals surface area contributed by atoms with Gasteiger partial charge in [-0.2, -0.15) is 0 Å². The Morgan fingerprint density at radius 2 is 2.09 bits per heavy atom. The SMILES string of the molecule is Cc1cnccc1C(=O)C[C@@H]1CC[C@@]2(O)[C@H]3Cc4ccc(O)c5c4[C@@]2(CCN3CC2CC2)[C@H]1O5. The lowest BCUT2D eigenvalue weighted by molar-refractivity contribution is -0.197. The molecule has 5 atom stereocenters. The molecule has 3 aliphatic carbocycles. The minimum absolute atomic E-state index is 0.00581. The van der Waals surface area contributed by atoms with Crippen LogP contribution in [0.5, 0.6) is 11.5 Å². The average molecular weight is 461 g/mol. The molecule has 2 bridgehead atoms. The highest BCUT2D eigenvalue weighted by molar-refractivity contribution is 5.97. The first-order valence-electron chi connectivity index (χ1n) is 12.8. The van der Waals surface area contributed by atoms with Crippen molar-refractivity contribution in [2.24, 2.45) is 11.8 Å². The van der Waals surface area contributed by atoms with E-state index >= 15 is 0 Å². The Morgan fingerprint density at radius 1 is 1.24 bits per heavy atom. The van der Waals surface area contributed by atoms with Crippen LogP contribution in [0, 0.1) is 18.8 Å². The zero-order chi connectivity index (χ0) is 23.2.